The van der Waals surface area contributed by atoms with Gasteiger partial charge in [-0.2, -0.15) is 0 Å². The molecule has 0 saturated carbocycles. The summed E-state index contributed by atoms with van der Waals surface area (Å²) in [4.78, 5) is 0. The molecule has 0 saturated heterocycles. The first-order chi connectivity index (χ1) is 5.95. The van der Waals surface area contributed by atoms with Crippen molar-refractivity contribution in [1.82, 2.24) is 0 Å². The predicted octanol–water partition coefficient (Wildman–Crippen LogP) is 0.659. The predicted molar refractivity (Wildman–Crippen MR) is 47.1 cm³/mol. The molecule has 1 aliphatic heterocycles. The van der Waals surface area contributed by atoms with Crippen molar-refractivity contribution >= 4 is 0 Å². The summed E-state index contributed by atoms with van der Waals surface area (Å²) in [5.74, 6) is -1.10. The van der Waals surface area contributed by atoms with Gasteiger partial charge >= 0.3 is 0 Å². The maximum atomic E-state index is 9.82. The Kier molecular flexibility index (Phi) is 2.77. The van der Waals surface area contributed by atoms with Crippen molar-refractivity contribution in [2.45, 2.75) is 31.5 Å². The van der Waals surface area contributed by atoms with Crippen LogP contribution in [0.3, 0.4) is 0 Å². The van der Waals surface area contributed by atoms with Crippen molar-refractivity contribution in [3.05, 3.63) is 12.2 Å². The highest BCUT2D eigenvalue weighted by Crippen LogP contribution is 2.34. The van der Waals surface area contributed by atoms with Gasteiger partial charge in [-0.25, -0.2) is 0 Å². The van der Waals surface area contributed by atoms with Gasteiger partial charge in [-0.3, -0.25) is 0 Å². The van der Waals surface area contributed by atoms with E-state index in [4.69, 9.17) is 14.2 Å². The Morgan fingerprint density at radius 3 is 2.31 bits per heavy atom. The van der Waals surface area contributed by atoms with Crippen LogP contribution in [0.5, 0.6) is 0 Å². The molecular weight excluding hydrogens is 172 g/mol. The molecule has 0 aromatic carbocycles. The average molecular weight is 188 g/mol. The van der Waals surface area contributed by atoms with Gasteiger partial charge in [0.15, 0.2) is 6.29 Å². The van der Waals surface area contributed by atoms with Gasteiger partial charge in [0.25, 0.3) is 0 Å². The summed E-state index contributed by atoms with van der Waals surface area (Å²) in [6, 6.07) is 0. The second-order valence-corrected chi connectivity index (χ2v) is 3.51. The quantitative estimate of drug-likeness (QED) is 0.661. The lowest BCUT2D eigenvalue weighted by atomic mass is 9.98. The zero-order valence-corrected chi connectivity index (χ0v) is 8.40. The first kappa shape index (κ1) is 10.7. The molecule has 13 heavy (non-hydrogen) atoms. The van der Waals surface area contributed by atoms with Gasteiger partial charge in [0.1, 0.15) is 5.60 Å². The summed E-state index contributed by atoms with van der Waals surface area (Å²) in [5.41, 5.74) is -1.11. The summed E-state index contributed by atoms with van der Waals surface area (Å²) in [5, 5.41) is 9.82. The van der Waals surface area contributed by atoms with Crippen molar-refractivity contribution in [2.75, 3.05) is 14.2 Å². The van der Waals surface area contributed by atoms with Gasteiger partial charge < -0.3 is 19.3 Å². The molecule has 1 aliphatic rings. The highest BCUT2D eigenvalue weighted by Gasteiger charge is 2.48. The van der Waals surface area contributed by atoms with E-state index in [-0.39, 0.29) is 0 Å². The molecule has 0 aromatic heterocycles. The Bertz CT molecular complexity index is 206. The number of aliphatic hydroxyl groups is 1. The standard InChI is InChI=1S/C9H16O4/c1-8(2,10)9(12-4)6-5-7(11-3)13-9/h5-7,10H,1-4H3. The van der Waals surface area contributed by atoms with Crippen LogP contribution >= 0.6 is 0 Å². The van der Waals surface area contributed by atoms with Gasteiger partial charge in [0.2, 0.25) is 5.79 Å². The average Bonchev–Trinajstić information content (AvgIpc) is 2.47. The number of methoxy groups -OCH3 is 2. The largest absolute Gasteiger partial charge is 0.384 e. The maximum Gasteiger partial charge on any atom is 0.219 e. The van der Waals surface area contributed by atoms with E-state index in [1.165, 1.54) is 14.2 Å². The van der Waals surface area contributed by atoms with Crippen molar-refractivity contribution < 1.29 is 19.3 Å². The van der Waals surface area contributed by atoms with Crippen LogP contribution in [0.4, 0.5) is 0 Å². The molecule has 76 valence electrons. The van der Waals surface area contributed by atoms with Crippen LogP contribution in [0, 0.1) is 0 Å². The fourth-order valence-corrected chi connectivity index (χ4v) is 1.30. The highest BCUT2D eigenvalue weighted by molar-refractivity contribution is 5.11. The van der Waals surface area contributed by atoms with E-state index >= 15 is 0 Å². The summed E-state index contributed by atoms with van der Waals surface area (Å²) in [6.45, 7) is 3.25. The molecule has 0 bridgehead atoms. The molecule has 4 heteroatoms. The molecule has 0 fully saturated rings. The SMILES string of the molecule is COC1C=CC(OC)(C(C)(C)O)O1. The summed E-state index contributed by atoms with van der Waals surface area (Å²) < 4.78 is 15.5. The summed E-state index contributed by atoms with van der Waals surface area (Å²) in [6.07, 6.45) is 2.93. The molecule has 4 nitrogen and oxygen atoms in total. The lowest BCUT2D eigenvalue weighted by Crippen LogP contribution is -2.51. The minimum Gasteiger partial charge on any atom is -0.384 e. The number of ether oxygens (including phenoxy) is 3. The molecule has 2 unspecified atom stereocenters. The fourth-order valence-electron chi connectivity index (χ4n) is 1.30. The van der Waals surface area contributed by atoms with Crippen LogP contribution < -0.4 is 0 Å². The molecule has 1 heterocycles. The van der Waals surface area contributed by atoms with Gasteiger partial charge in [-0.1, -0.05) is 0 Å². The number of hydrogen-bond acceptors (Lipinski definition) is 4. The maximum absolute atomic E-state index is 9.82. The molecule has 1 rings (SSSR count). The van der Waals surface area contributed by atoms with Crippen LogP contribution in [0.25, 0.3) is 0 Å². The Morgan fingerprint density at radius 1 is 1.46 bits per heavy atom. The Hall–Kier alpha value is -0.420. The van der Waals surface area contributed by atoms with Gasteiger partial charge in [-0.15, -0.1) is 0 Å². The Balaban J connectivity index is 2.82. The van der Waals surface area contributed by atoms with Crippen LogP contribution in [-0.2, 0) is 14.2 Å². The molecule has 2 atom stereocenters. The third kappa shape index (κ3) is 1.76. The van der Waals surface area contributed by atoms with Crippen LogP contribution in [-0.4, -0.2) is 37.0 Å². The van der Waals surface area contributed by atoms with E-state index in [1.807, 2.05) is 0 Å². The van der Waals surface area contributed by atoms with Crippen LogP contribution in [0.1, 0.15) is 13.8 Å². The van der Waals surface area contributed by atoms with Gasteiger partial charge in [0.05, 0.1) is 0 Å². The lowest BCUT2D eigenvalue weighted by Gasteiger charge is -2.37. The Morgan fingerprint density at radius 2 is 2.08 bits per heavy atom. The first-order valence-electron chi connectivity index (χ1n) is 4.13. The van der Waals surface area contributed by atoms with Crippen molar-refractivity contribution in [3.8, 4) is 0 Å². The smallest absolute Gasteiger partial charge is 0.219 e. The monoisotopic (exact) mass is 188 g/mol. The minimum atomic E-state index is -1.11. The van der Waals surface area contributed by atoms with E-state index < -0.39 is 17.7 Å². The molecule has 0 aliphatic carbocycles. The second kappa shape index (κ2) is 3.38. The fraction of sp³-hybridized carbons (Fsp3) is 0.778. The van der Waals surface area contributed by atoms with Crippen LogP contribution in [0.2, 0.25) is 0 Å². The minimum absolute atomic E-state index is 0.452. The zero-order valence-electron chi connectivity index (χ0n) is 8.40. The van der Waals surface area contributed by atoms with Crippen molar-refractivity contribution in [2.24, 2.45) is 0 Å². The summed E-state index contributed by atoms with van der Waals surface area (Å²) >= 11 is 0. The first-order valence-corrected chi connectivity index (χ1v) is 4.13. The molecule has 0 spiro atoms. The number of hydrogen-bond donors (Lipinski definition) is 1. The van der Waals surface area contributed by atoms with E-state index in [1.54, 1.807) is 26.0 Å². The van der Waals surface area contributed by atoms with E-state index in [0.29, 0.717) is 0 Å². The van der Waals surface area contributed by atoms with Gasteiger partial charge in [0, 0.05) is 14.2 Å². The third-order valence-corrected chi connectivity index (χ3v) is 2.15. The second-order valence-electron chi connectivity index (χ2n) is 3.51. The highest BCUT2D eigenvalue weighted by atomic mass is 16.8. The topological polar surface area (TPSA) is 47.9 Å². The van der Waals surface area contributed by atoms with E-state index in [9.17, 15) is 5.11 Å². The lowest BCUT2D eigenvalue weighted by molar-refractivity contribution is -0.303. The summed E-state index contributed by atoms with van der Waals surface area (Å²) in [7, 11) is 3.02. The van der Waals surface area contributed by atoms with Gasteiger partial charge in [-0.05, 0) is 26.0 Å². The van der Waals surface area contributed by atoms with Crippen molar-refractivity contribution in [3.63, 3.8) is 0 Å². The van der Waals surface area contributed by atoms with E-state index in [2.05, 4.69) is 0 Å². The van der Waals surface area contributed by atoms with Crippen LogP contribution in [0.15, 0.2) is 12.2 Å². The molecule has 0 aromatic rings. The molecule has 0 radical (unpaired) electrons. The number of rotatable bonds is 3. The molecule has 1 N–H and O–H groups in total. The molecule has 0 amide bonds. The normalized spacial score (nSPS) is 34.1. The van der Waals surface area contributed by atoms with E-state index in [0.717, 1.165) is 0 Å². The molecular formula is C9H16O4. The zero-order chi connectivity index (χ0) is 10.1. The van der Waals surface area contributed by atoms with Crippen molar-refractivity contribution in [1.29, 1.82) is 0 Å². The Labute approximate surface area is 78.1 Å². The third-order valence-electron chi connectivity index (χ3n) is 2.15.